The first-order chi connectivity index (χ1) is 20.4. The van der Waals surface area contributed by atoms with E-state index in [1.165, 1.54) is 6.92 Å². The fraction of sp³-hybridized carbons (Fsp3) is 0.433. The highest BCUT2D eigenvalue weighted by Gasteiger charge is 2.38. The van der Waals surface area contributed by atoms with E-state index in [-0.39, 0.29) is 25.1 Å². The molecule has 2 aromatic heterocycles. The minimum absolute atomic E-state index is 0.0888. The van der Waals surface area contributed by atoms with Crippen LogP contribution in [-0.4, -0.2) is 45.9 Å². The number of aromatic nitrogens is 3. The summed E-state index contributed by atoms with van der Waals surface area (Å²) in [7, 11) is -4.17. The third-order valence-electron chi connectivity index (χ3n) is 6.97. The number of esters is 1. The molecule has 0 aliphatic carbocycles. The van der Waals surface area contributed by atoms with Crippen LogP contribution in [0, 0.1) is 0 Å². The summed E-state index contributed by atoms with van der Waals surface area (Å²) in [4.78, 5) is 22.0. The zero-order chi connectivity index (χ0) is 31.4. The number of para-hydroxylation sites is 1. The number of hydrogen-bond acceptors (Lipinski definition) is 9. The SMILES string of the molecule is CCOCc1nc2c(N)nc3ccccc3c2n1C(C)(CC)COP(=O)(N[C@@H](C)C(=O)OC(C)C)Oc1ccc(Cl)cc1. The van der Waals surface area contributed by atoms with E-state index in [0.29, 0.717) is 40.7 Å². The third kappa shape index (κ3) is 7.48. The molecular formula is C30H39ClN5O6P. The highest BCUT2D eigenvalue weighted by Crippen LogP contribution is 2.47. The molecule has 3 N–H and O–H groups in total. The smallest absolute Gasteiger partial charge is 0.459 e. The van der Waals surface area contributed by atoms with Crippen LogP contribution in [0.4, 0.5) is 5.82 Å². The van der Waals surface area contributed by atoms with Crippen molar-refractivity contribution < 1.29 is 27.9 Å². The molecule has 13 heteroatoms. The number of carbonyl (C=O) groups is 1. The molecule has 0 spiro atoms. The van der Waals surface area contributed by atoms with Crippen LogP contribution in [0.25, 0.3) is 21.9 Å². The number of imidazole rings is 1. The highest BCUT2D eigenvalue weighted by atomic mass is 35.5. The fourth-order valence-electron chi connectivity index (χ4n) is 4.62. The molecule has 0 aliphatic rings. The Morgan fingerprint density at radius 2 is 1.81 bits per heavy atom. The molecule has 0 saturated heterocycles. The Hall–Kier alpha value is -3.21. The standard InChI is InChI=1S/C30H39ClN5O6P/c1-7-30(6,36-25(17-39-8-2)34-26-27(36)23-11-9-10-12-24(23)33-28(26)32)18-40-43(38,35-20(5)29(37)41-19(3)4)42-22-15-13-21(31)14-16-22/h9-16,19-20H,7-8,17-18H2,1-6H3,(H2,32,33)(H,35,38)/t20-,30?,43?/m0/s1. The van der Waals surface area contributed by atoms with Crippen LogP contribution in [0.1, 0.15) is 53.8 Å². The van der Waals surface area contributed by atoms with Crippen LogP contribution < -0.4 is 15.3 Å². The number of nitrogen functional groups attached to an aromatic ring is 1. The van der Waals surface area contributed by atoms with Crippen LogP contribution in [0.5, 0.6) is 5.75 Å². The van der Waals surface area contributed by atoms with Gasteiger partial charge in [-0.2, -0.15) is 5.09 Å². The molecule has 0 saturated carbocycles. The lowest BCUT2D eigenvalue weighted by Gasteiger charge is -2.34. The maximum Gasteiger partial charge on any atom is 0.459 e. The molecule has 2 unspecified atom stereocenters. The quantitative estimate of drug-likeness (QED) is 0.115. The Morgan fingerprint density at radius 3 is 2.47 bits per heavy atom. The first kappa shape index (κ1) is 32.7. The number of carbonyl (C=O) groups excluding carboxylic acids is 1. The van der Waals surface area contributed by atoms with E-state index in [2.05, 4.69) is 10.1 Å². The Morgan fingerprint density at radius 1 is 1.12 bits per heavy atom. The lowest BCUT2D eigenvalue weighted by atomic mass is 9.98. The topological polar surface area (TPSA) is 140 Å². The van der Waals surface area contributed by atoms with Gasteiger partial charge in [0.25, 0.3) is 0 Å². The summed E-state index contributed by atoms with van der Waals surface area (Å²) in [6.07, 6.45) is 0.188. The molecule has 0 radical (unpaired) electrons. The molecule has 43 heavy (non-hydrogen) atoms. The van der Waals surface area contributed by atoms with Gasteiger partial charge in [0.1, 0.15) is 29.7 Å². The lowest BCUT2D eigenvalue weighted by molar-refractivity contribution is -0.149. The van der Waals surface area contributed by atoms with Gasteiger partial charge in [0, 0.05) is 17.0 Å². The molecule has 0 bridgehead atoms. The molecule has 2 aromatic carbocycles. The summed E-state index contributed by atoms with van der Waals surface area (Å²) < 4.78 is 39.5. The number of nitrogens with two attached hydrogens (primary N) is 1. The molecule has 0 amide bonds. The number of nitrogens with one attached hydrogen (secondary N) is 1. The van der Waals surface area contributed by atoms with Crippen molar-refractivity contribution in [2.24, 2.45) is 0 Å². The predicted octanol–water partition coefficient (Wildman–Crippen LogP) is 6.62. The summed E-state index contributed by atoms with van der Waals surface area (Å²) in [6, 6.07) is 13.0. The van der Waals surface area contributed by atoms with E-state index in [9.17, 15) is 9.36 Å². The van der Waals surface area contributed by atoms with Crippen LogP contribution in [-0.2, 0) is 35.5 Å². The average Bonchev–Trinajstić information content (AvgIpc) is 3.37. The fourth-order valence-corrected chi connectivity index (χ4v) is 6.35. The van der Waals surface area contributed by atoms with Crippen molar-refractivity contribution >= 4 is 53.1 Å². The molecule has 232 valence electrons. The molecule has 11 nitrogen and oxygen atoms in total. The number of fused-ring (bicyclic) bond motifs is 3. The van der Waals surface area contributed by atoms with Gasteiger partial charge in [-0.15, -0.1) is 0 Å². The summed E-state index contributed by atoms with van der Waals surface area (Å²) in [5.74, 6) is 0.564. The van der Waals surface area contributed by atoms with Gasteiger partial charge in [0.2, 0.25) is 0 Å². The number of rotatable bonds is 14. The Kier molecular flexibility index (Phi) is 10.4. The second-order valence-electron chi connectivity index (χ2n) is 10.7. The van der Waals surface area contributed by atoms with Crippen LogP contribution >= 0.6 is 19.3 Å². The van der Waals surface area contributed by atoms with Crippen LogP contribution in [0.3, 0.4) is 0 Å². The number of hydrogen-bond donors (Lipinski definition) is 2. The molecule has 3 atom stereocenters. The van der Waals surface area contributed by atoms with Crippen molar-refractivity contribution in [1.29, 1.82) is 0 Å². The maximum absolute atomic E-state index is 14.3. The summed E-state index contributed by atoms with van der Waals surface area (Å²) in [5, 5.41) is 4.09. The second-order valence-corrected chi connectivity index (χ2v) is 12.8. The first-order valence-corrected chi connectivity index (χ1v) is 16.1. The summed E-state index contributed by atoms with van der Waals surface area (Å²) >= 11 is 6.04. The van der Waals surface area contributed by atoms with Gasteiger partial charge >= 0.3 is 13.7 Å². The Bertz CT molecular complexity index is 1630. The number of ether oxygens (including phenoxy) is 2. The third-order valence-corrected chi connectivity index (χ3v) is 8.84. The lowest BCUT2D eigenvalue weighted by Crippen LogP contribution is -2.39. The number of pyridine rings is 1. The molecule has 4 rings (SSSR count). The maximum atomic E-state index is 14.3. The van der Waals surface area contributed by atoms with Crippen molar-refractivity contribution in [2.45, 2.75) is 72.3 Å². The Balaban J connectivity index is 1.77. The van der Waals surface area contributed by atoms with Gasteiger partial charge < -0.3 is 24.3 Å². The first-order valence-electron chi connectivity index (χ1n) is 14.2. The van der Waals surface area contributed by atoms with Gasteiger partial charge in [-0.05, 0) is 71.4 Å². The van der Waals surface area contributed by atoms with Gasteiger partial charge in [-0.3, -0.25) is 9.32 Å². The van der Waals surface area contributed by atoms with Crippen LogP contribution in [0.2, 0.25) is 5.02 Å². The van der Waals surface area contributed by atoms with E-state index in [1.807, 2.05) is 49.6 Å². The van der Waals surface area contributed by atoms with Gasteiger partial charge in [0.15, 0.2) is 5.82 Å². The van der Waals surface area contributed by atoms with Gasteiger partial charge in [-0.1, -0.05) is 36.7 Å². The normalized spacial score (nSPS) is 15.3. The predicted molar refractivity (Wildman–Crippen MR) is 168 cm³/mol. The van der Waals surface area contributed by atoms with Crippen molar-refractivity contribution in [3.05, 3.63) is 59.4 Å². The monoisotopic (exact) mass is 631 g/mol. The number of nitrogens with zero attached hydrogens (tertiary/aromatic N) is 3. The minimum Gasteiger partial charge on any atom is -0.462 e. The molecule has 0 aliphatic heterocycles. The van der Waals surface area contributed by atoms with E-state index in [0.717, 1.165) is 10.9 Å². The van der Waals surface area contributed by atoms with E-state index < -0.39 is 25.3 Å². The zero-order valence-corrected chi connectivity index (χ0v) is 26.9. The van der Waals surface area contributed by atoms with Gasteiger partial charge in [0.05, 0.1) is 29.3 Å². The summed E-state index contributed by atoms with van der Waals surface area (Å²) in [5.41, 5.74) is 7.59. The average molecular weight is 632 g/mol. The van der Waals surface area contributed by atoms with Crippen molar-refractivity contribution in [3.8, 4) is 5.75 Å². The Labute approximate surface area is 256 Å². The van der Waals surface area contributed by atoms with Crippen LogP contribution in [0.15, 0.2) is 48.5 Å². The van der Waals surface area contributed by atoms with Crippen molar-refractivity contribution in [1.82, 2.24) is 19.6 Å². The molecule has 0 fully saturated rings. The minimum atomic E-state index is -4.17. The number of benzene rings is 2. The molecular weight excluding hydrogens is 593 g/mol. The molecule has 2 heterocycles. The highest BCUT2D eigenvalue weighted by molar-refractivity contribution is 7.52. The van der Waals surface area contributed by atoms with Crippen molar-refractivity contribution in [2.75, 3.05) is 18.9 Å². The van der Waals surface area contributed by atoms with E-state index in [1.54, 1.807) is 38.1 Å². The van der Waals surface area contributed by atoms with E-state index >= 15 is 0 Å². The number of halogens is 1. The summed E-state index contributed by atoms with van der Waals surface area (Å²) in [6.45, 7) is 11.5. The van der Waals surface area contributed by atoms with Gasteiger partial charge in [-0.25, -0.2) is 14.5 Å². The van der Waals surface area contributed by atoms with E-state index in [4.69, 9.17) is 40.8 Å². The molecule has 4 aromatic rings. The number of anilines is 1. The largest absolute Gasteiger partial charge is 0.462 e. The second kappa shape index (κ2) is 13.6. The van der Waals surface area contributed by atoms with Crippen molar-refractivity contribution in [3.63, 3.8) is 0 Å². The zero-order valence-electron chi connectivity index (χ0n) is 25.3.